The number of nitrogens with one attached hydrogen (secondary N) is 1. The van der Waals surface area contributed by atoms with Gasteiger partial charge in [-0.05, 0) is 75.5 Å². The average Bonchev–Trinajstić information content (AvgIpc) is 3.35. The Morgan fingerprint density at radius 1 is 0.833 bits per heavy atom. The Kier molecular flexibility index (Phi) is 14.0. The van der Waals surface area contributed by atoms with Crippen molar-refractivity contribution in [3.05, 3.63) is 65.0 Å². The maximum absolute atomic E-state index is 13.4. The second-order valence-electron chi connectivity index (χ2n) is 11.3. The molecule has 1 aromatic heterocycles. The van der Waals surface area contributed by atoms with Crippen LogP contribution in [-0.2, 0) is 19.4 Å². The van der Waals surface area contributed by atoms with E-state index in [2.05, 4.69) is 36.3 Å². The van der Waals surface area contributed by atoms with Gasteiger partial charge in [-0.1, -0.05) is 64.3 Å². The number of fused-ring (bicyclic) bond motifs is 1. The maximum atomic E-state index is 13.4. The molecular weight excluding hydrogens is 522 g/mol. The average molecular weight is 576 g/mol. The van der Waals surface area contributed by atoms with Gasteiger partial charge in [-0.3, -0.25) is 10.2 Å². The minimum atomic E-state index is 0.0277. The molecule has 0 aliphatic heterocycles. The molecule has 1 amide bonds. The number of hydrogen-bond donors (Lipinski definition) is 3. The fourth-order valence-electron chi connectivity index (χ4n) is 5.41. The molecule has 0 saturated heterocycles. The van der Waals surface area contributed by atoms with Crippen LogP contribution in [0.5, 0.6) is 0 Å². The summed E-state index contributed by atoms with van der Waals surface area (Å²) < 4.78 is 2.36. The van der Waals surface area contributed by atoms with Crippen LogP contribution in [0.15, 0.2) is 42.5 Å². The number of nitrogens with two attached hydrogens (primary N) is 2. The van der Waals surface area contributed by atoms with Gasteiger partial charge in [-0.15, -0.1) is 0 Å². The molecule has 0 unspecified atom stereocenters. The predicted molar refractivity (Wildman–Crippen MR) is 175 cm³/mol. The van der Waals surface area contributed by atoms with Gasteiger partial charge in [-0.25, -0.2) is 4.98 Å². The number of carbonyl (C=O) groups is 1. The first-order chi connectivity index (χ1) is 20.4. The van der Waals surface area contributed by atoms with Gasteiger partial charge in [-0.2, -0.15) is 0 Å². The zero-order valence-corrected chi connectivity index (χ0v) is 26.2. The van der Waals surface area contributed by atoms with Crippen LogP contribution >= 0.6 is 0 Å². The number of nitrogens with zero attached hydrogens (tertiary/aromatic N) is 4. The van der Waals surface area contributed by atoms with Crippen molar-refractivity contribution < 1.29 is 4.79 Å². The zero-order valence-electron chi connectivity index (χ0n) is 26.2. The van der Waals surface area contributed by atoms with Crippen molar-refractivity contribution >= 4 is 22.8 Å². The lowest BCUT2D eigenvalue weighted by Crippen LogP contribution is -2.36. The number of hydrogen-bond acceptors (Lipinski definition) is 5. The van der Waals surface area contributed by atoms with E-state index in [1.165, 1.54) is 31.2 Å². The number of imidazole rings is 1. The first-order valence-electron chi connectivity index (χ1n) is 16.1. The fourth-order valence-corrected chi connectivity index (χ4v) is 5.41. The molecule has 5 N–H and O–H groups in total. The third-order valence-electron chi connectivity index (χ3n) is 7.96. The van der Waals surface area contributed by atoms with Crippen LogP contribution in [0.4, 0.5) is 0 Å². The Labute approximate surface area is 253 Å². The Morgan fingerprint density at radius 2 is 1.45 bits per heavy atom. The molecule has 0 aliphatic carbocycles. The quantitative estimate of drug-likeness (QED) is 0.120. The van der Waals surface area contributed by atoms with Gasteiger partial charge in [0.05, 0.1) is 11.0 Å². The largest absolute Gasteiger partial charge is 0.384 e. The number of unbranched alkanes of at least 4 members (excludes halogenated alkanes) is 3. The van der Waals surface area contributed by atoms with Crippen LogP contribution in [-0.4, -0.2) is 70.4 Å². The molecule has 8 heteroatoms. The molecule has 0 fully saturated rings. The van der Waals surface area contributed by atoms with E-state index in [4.69, 9.17) is 21.9 Å². The minimum Gasteiger partial charge on any atom is -0.384 e. The van der Waals surface area contributed by atoms with Crippen molar-refractivity contribution in [1.29, 1.82) is 5.41 Å². The van der Waals surface area contributed by atoms with E-state index in [1.807, 2.05) is 41.3 Å². The Bertz CT molecular complexity index is 1240. The monoisotopic (exact) mass is 575 g/mol. The number of amidine groups is 1. The molecule has 2 aromatic carbocycles. The van der Waals surface area contributed by atoms with Gasteiger partial charge in [0, 0.05) is 43.7 Å². The number of benzene rings is 2. The molecule has 0 atom stereocenters. The summed E-state index contributed by atoms with van der Waals surface area (Å²) in [6, 6.07) is 13.9. The van der Waals surface area contributed by atoms with Gasteiger partial charge in [0.1, 0.15) is 11.7 Å². The lowest BCUT2D eigenvalue weighted by molar-refractivity contribution is 0.0758. The number of aryl methyl sites for hydroxylation is 3. The van der Waals surface area contributed by atoms with Gasteiger partial charge >= 0.3 is 0 Å². The SMILES string of the molecule is CCCCN(CCCC)CCCn1c(CCc2ccc(C(=N)N)cc2)nc2cc(C(=O)N(CCN)CCCC)ccc21. The predicted octanol–water partition coefficient (Wildman–Crippen LogP) is 5.60. The van der Waals surface area contributed by atoms with Crippen LogP contribution in [0.25, 0.3) is 11.0 Å². The molecular formula is C34H53N7O. The van der Waals surface area contributed by atoms with Crippen molar-refractivity contribution in [2.24, 2.45) is 11.5 Å². The number of nitrogen functional groups attached to an aromatic ring is 1. The molecule has 0 spiro atoms. The second kappa shape index (κ2) is 17.7. The summed E-state index contributed by atoms with van der Waals surface area (Å²) in [4.78, 5) is 23.0. The summed E-state index contributed by atoms with van der Waals surface area (Å²) in [5.41, 5.74) is 16.0. The third kappa shape index (κ3) is 9.66. The Balaban J connectivity index is 1.85. The molecule has 0 bridgehead atoms. The maximum Gasteiger partial charge on any atom is 0.253 e. The van der Waals surface area contributed by atoms with Crippen molar-refractivity contribution in [2.45, 2.75) is 85.1 Å². The van der Waals surface area contributed by atoms with Crippen LogP contribution in [0.2, 0.25) is 0 Å². The lowest BCUT2D eigenvalue weighted by atomic mass is 10.1. The van der Waals surface area contributed by atoms with E-state index in [0.29, 0.717) is 18.7 Å². The molecule has 0 aliphatic rings. The topological polar surface area (TPSA) is 117 Å². The minimum absolute atomic E-state index is 0.0277. The molecule has 1 heterocycles. The number of carbonyl (C=O) groups excluding carboxylic acids is 1. The molecule has 0 radical (unpaired) electrons. The number of aromatic nitrogens is 2. The molecule has 8 nitrogen and oxygen atoms in total. The number of amides is 1. The van der Waals surface area contributed by atoms with Crippen LogP contribution < -0.4 is 11.5 Å². The van der Waals surface area contributed by atoms with Gasteiger partial charge in [0.25, 0.3) is 5.91 Å². The first kappa shape index (κ1) is 33.3. The zero-order chi connectivity index (χ0) is 30.3. The van der Waals surface area contributed by atoms with Crippen molar-refractivity contribution in [1.82, 2.24) is 19.4 Å². The highest BCUT2D eigenvalue weighted by Gasteiger charge is 2.18. The van der Waals surface area contributed by atoms with Gasteiger partial charge < -0.3 is 25.8 Å². The number of rotatable bonds is 20. The molecule has 42 heavy (non-hydrogen) atoms. The fraction of sp³-hybridized carbons (Fsp3) is 0.559. The summed E-state index contributed by atoms with van der Waals surface area (Å²) in [6.07, 6.45) is 9.60. The van der Waals surface area contributed by atoms with Crippen molar-refractivity contribution in [3.8, 4) is 0 Å². The third-order valence-corrected chi connectivity index (χ3v) is 7.96. The highest BCUT2D eigenvalue weighted by atomic mass is 16.2. The van der Waals surface area contributed by atoms with Crippen LogP contribution in [0.1, 0.15) is 93.0 Å². The smallest absolute Gasteiger partial charge is 0.253 e. The van der Waals surface area contributed by atoms with Gasteiger partial charge in [0.15, 0.2) is 0 Å². The molecule has 0 saturated carbocycles. The summed E-state index contributed by atoms with van der Waals surface area (Å²) in [5, 5.41) is 7.66. The van der Waals surface area contributed by atoms with Gasteiger partial charge in [0.2, 0.25) is 0 Å². The van der Waals surface area contributed by atoms with E-state index in [1.54, 1.807) is 0 Å². The Hall–Kier alpha value is -3.23. The van der Waals surface area contributed by atoms with E-state index in [-0.39, 0.29) is 11.7 Å². The first-order valence-corrected chi connectivity index (χ1v) is 16.1. The van der Waals surface area contributed by atoms with E-state index in [0.717, 1.165) is 87.2 Å². The summed E-state index contributed by atoms with van der Waals surface area (Å²) in [5.74, 6) is 1.16. The van der Waals surface area contributed by atoms with Crippen LogP contribution in [0.3, 0.4) is 0 Å². The second-order valence-corrected chi connectivity index (χ2v) is 11.3. The molecule has 3 aromatic rings. The summed E-state index contributed by atoms with van der Waals surface area (Å²) in [6.45, 7) is 12.7. The highest BCUT2D eigenvalue weighted by Crippen LogP contribution is 2.22. The Morgan fingerprint density at radius 3 is 2.07 bits per heavy atom. The normalized spacial score (nSPS) is 11.5. The highest BCUT2D eigenvalue weighted by molar-refractivity contribution is 5.97. The van der Waals surface area contributed by atoms with Crippen molar-refractivity contribution in [2.75, 3.05) is 39.3 Å². The van der Waals surface area contributed by atoms with E-state index >= 15 is 0 Å². The molecule has 3 rings (SSSR count). The standard InChI is InChI=1S/C34H53N7O/c1-4-7-20-39(21-8-5-2)22-10-24-41-31-17-16-29(34(42)40(25-19-35)23-9-6-3)26-30(31)38-32(41)18-13-27-11-14-28(15-12-27)33(36)37/h11-12,14-17,26H,4-10,13,18-25,35H2,1-3H3,(H3,36,37). The van der Waals surface area contributed by atoms with E-state index < -0.39 is 0 Å². The van der Waals surface area contributed by atoms with Crippen LogP contribution in [0, 0.1) is 5.41 Å². The van der Waals surface area contributed by atoms with E-state index in [9.17, 15) is 4.79 Å². The lowest BCUT2D eigenvalue weighted by Gasteiger charge is -2.22. The summed E-state index contributed by atoms with van der Waals surface area (Å²) in [7, 11) is 0. The van der Waals surface area contributed by atoms with Crippen molar-refractivity contribution in [3.63, 3.8) is 0 Å². The molecule has 230 valence electrons. The summed E-state index contributed by atoms with van der Waals surface area (Å²) >= 11 is 0.